The Bertz CT molecular complexity index is 552. The topological polar surface area (TPSA) is 71.1 Å². The summed E-state index contributed by atoms with van der Waals surface area (Å²) in [7, 11) is 0. The third kappa shape index (κ3) is 8.52. The van der Waals surface area contributed by atoms with Crippen LogP contribution >= 0.6 is 48.0 Å². The van der Waals surface area contributed by atoms with Crippen LogP contribution < -0.4 is 0 Å². The summed E-state index contributed by atoms with van der Waals surface area (Å²) >= 11 is 12.7. The first-order valence-electron chi connectivity index (χ1n) is 7.86. The molecule has 0 aromatic carbocycles. The van der Waals surface area contributed by atoms with E-state index in [1.54, 1.807) is 12.2 Å². The molecular formula is C16H18O6S4. The lowest BCUT2D eigenvalue weighted by atomic mass is 10.2. The van der Waals surface area contributed by atoms with E-state index >= 15 is 0 Å². The number of carbonyl (C=O) groups excluding carboxylic acids is 2. The highest BCUT2D eigenvalue weighted by Gasteiger charge is 2.23. The fraction of sp³-hybridized carbons (Fsp3) is 0.500. The number of ether oxygens (including phenoxy) is 4. The van der Waals surface area contributed by atoms with Crippen LogP contribution in [0, 0.1) is 0 Å². The molecule has 2 atom stereocenters. The molecule has 0 aromatic heterocycles. The third-order valence-electron chi connectivity index (χ3n) is 3.13. The molecule has 6 nitrogen and oxygen atoms in total. The van der Waals surface area contributed by atoms with Crippen LogP contribution in [0.15, 0.2) is 24.3 Å². The summed E-state index contributed by atoms with van der Waals surface area (Å²) in [6, 6.07) is 0. The highest BCUT2D eigenvalue weighted by molar-refractivity contribution is 8.23. The molecule has 0 radical (unpaired) electrons. The maximum Gasteiger partial charge on any atom is 0.330 e. The van der Waals surface area contributed by atoms with Crippen molar-refractivity contribution in [1.29, 1.82) is 0 Å². The Morgan fingerprint density at radius 3 is 1.69 bits per heavy atom. The van der Waals surface area contributed by atoms with Crippen molar-refractivity contribution in [3.63, 3.8) is 0 Å². The Morgan fingerprint density at radius 1 is 0.923 bits per heavy atom. The van der Waals surface area contributed by atoms with Crippen LogP contribution in [0.25, 0.3) is 0 Å². The van der Waals surface area contributed by atoms with Gasteiger partial charge in [0, 0.05) is 23.7 Å². The minimum Gasteiger partial charge on any atom is -0.471 e. The lowest BCUT2D eigenvalue weighted by molar-refractivity contribution is -0.140. The van der Waals surface area contributed by atoms with Gasteiger partial charge in [-0.3, -0.25) is 0 Å². The second kappa shape index (κ2) is 11.6. The van der Waals surface area contributed by atoms with Crippen LogP contribution in [0.2, 0.25) is 0 Å². The second-order valence-corrected chi connectivity index (χ2v) is 8.49. The summed E-state index contributed by atoms with van der Waals surface area (Å²) in [4.78, 5) is 23.1. The smallest absolute Gasteiger partial charge is 0.330 e. The number of unbranched alkanes of at least 4 members (excludes halogenated alkanes) is 1. The van der Waals surface area contributed by atoms with E-state index in [-0.39, 0.29) is 25.4 Å². The van der Waals surface area contributed by atoms with E-state index in [0.717, 1.165) is 0 Å². The van der Waals surface area contributed by atoms with E-state index in [1.165, 1.54) is 35.7 Å². The summed E-state index contributed by atoms with van der Waals surface area (Å²) in [5.74, 6) is 0.559. The molecular weight excluding hydrogens is 416 g/mol. The average Bonchev–Trinajstić information content (AvgIpc) is 3.22. The summed E-state index contributed by atoms with van der Waals surface area (Å²) < 4.78 is 21.7. The molecule has 2 aliphatic heterocycles. The molecule has 0 amide bonds. The molecule has 2 heterocycles. The van der Waals surface area contributed by atoms with Crippen molar-refractivity contribution < 1.29 is 28.5 Å². The predicted molar refractivity (Wildman–Crippen MR) is 109 cm³/mol. The quantitative estimate of drug-likeness (QED) is 0.234. The lowest BCUT2D eigenvalue weighted by Gasteiger charge is -2.08. The first-order chi connectivity index (χ1) is 12.5. The molecule has 2 fully saturated rings. The summed E-state index contributed by atoms with van der Waals surface area (Å²) in [5.41, 5.74) is 0. The summed E-state index contributed by atoms with van der Waals surface area (Å²) in [5, 5.41) is 0. The molecule has 0 N–H and O–H groups in total. The molecule has 2 aliphatic rings. The first kappa shape index (κ1) is 21.2. The Balaban J connectivity index is 1.50. The predicted octanol–water partition coefficient (Wildman–Crippen LogP) is 2.80. The van der Waals surface area contributed by atoms with E-state index in [0.29, 0.717) is 33.1 Å². The van der Waals surface area contributed by atoms with Crippen LogP contribution in [0.3, 0.4) is 0 Å². The number of esters is 2. The maximum atomic E-state index is 11.5. The van der Waals surface area contributed by atoms with Crippen LogP contribution in [-0.4, -0.2) is 57.6 Å². The molecule has 142 valence electrons. The maximum absolute atomic E-state index is 11.5. The SMILES string of the molecule is O=C(/C=C/CC/C=C/C(=O)OCC1CSC(=S)O1)OCC1CSC(=S)O1. The van der Waals surface area contributed by atoms with Gasteiger partial charge in [0.15, 0.2) is 0 Å². The van der Waals surface area contributed by atoms with E-state index in [9.17, 15) is 9.59 Å². The van der Waals surface area contributed by atoms with Gasteiger partial charge in [-0.2, -0.15) is 0 Å². The number of carbonyl (C=O) groups is 2. The van der Waals surface area contributed by atoms with Gasteiger partial charge in [0.05, 0.1) is 0 Å². The molecule has 10 heteroatoms. The van der Waals surface area contributed by atoms with Crippen LogP contribution in [0.4, 0.5) is 0 Å². The monoisotopic (exact) mass is 434 g/mol. The van der Waals surface area contributed by atoms with E-state index < -0.39 is 11.9 Å². The van der Waals surface area contributed by atoms with Crippen molar-refractivity contribution in [3.05, 3.63) is 24.3 Å². The lowest BCUT2D eigenvalue weighted by Crippen LogP contribution is -2.19. The van der Waals surface area contributed by atoms with Crippen molar-refractivity contribution in [2.45, 2.75) is 25.0 Å². The molecule has 2 unspecified atom stereocenters. The van der Waals surface area contributed by atoms with Gasteiger partial charge in [-0.1, -0.05) is 35.7 Å². The van der Waals surface area contributed by atoms with Gasteiger partial charge in [0.2, 0.25) is 8.77 Å². The van der Waals surface area contributed by atoms with Crippen molar-refractivity contribution in [2.75, 3.05) is 24.7 Å². The standard InChI is InChI=1S/C16H18O6S4/c17-13(19-7-11-9-25-15(23)21-11)5-3-1-2-4-6-14(18)20-8-12-10-26-16(24)22-12/h3-6,11-12H,1-2,7-10H2/b5-3+,6-4+. The van der Waals surface area contributed by atoms with Crippen LogP contribution in [0.5, 0.6) is 0 Å². The number of thiocarbonyl (C=S) groups is 2. The Labute approximate surface area is 171 Å². The molecule has 0 bridgehead atoms. The average molecular weight is 435 g/mol. The molecule has 26 heavy (non-hydrogen) atoms. The normalized spacial score (nSPS) is 22.6. The number of thioether (sulfide) groups is 2. The van der Waals surface area contributed by atoms with E-state index in [1.807, 2.05) is 0 Å². The van der Waals surface area contributed by atoms with Crippen molar-refractivity contribution in [3.8, 4) is 0 Å². The minimum absolute atomic E-state index is 0.164. The number of hydrogen-bond donors (Lipinski definition) is 0. The van der Waals surface area contributed by atoms with Crippen molar-refractivity contribution >= 4 is 68.7 Å². The third-order valence-corrected chi connectivity index (χ3v) is 5.77. The summed E-state index contributed by atoms with van der Waals surface area (Å²) in [6.07, 6.45) is 7.00. The highest BCUT2D eigenvalue weighted by Crippen LogP contribution is 2.20. The Kier molecular flexibility index (Phi) is 9.44. The minimum atomic E-state index is -0.424. The first-order valence-corrected chi connectivity index (χ1v) is 10.6. The van der Waals surface area contributed by atoms with Gasteiger partial charge in [-0.05, 0) is 37.3 Å². The van der Waals surface area contributed by atoms with Crippen LogP contribution in [0.1, 0.15) is 12.8 Å². The molecule has 0 aliphatic carbocycles. The molecule has 2 saturated heterocycles. The molecule has 0 aromatic rings. The zero-order valence-electron chi connectivity index (χ0n) is 13.8. The fourth-order valence-corrected chi connectivity index (χ4v) is 3.95. The molecule has 2 rings (SSSR count). The van der Waals surface area contributed by atoms with Gasteiger partial charge in [0.1, 0.15) is 25.4 Å². The van der Waals surface area contributed by atoms with Gasteiger partial charge in [-0.25, -0.2) is 9.59 Å². The second-order valence-electron chi connectivity index (χ2n) is 5.24. The van der Waals surface area contributed by atoms with E-state index in [4.69, 9.17) is 43.4 Å². The zero-order chi connectivity index (χ0) is 18.8. The van der Waals surface area contributed by atoms with Gasteiger partial charge in [-0.15, -0.1) is 0 Å². The highest BCUT2D eigenvalue weighted by atomic mass is 32.2. The van der Waals surface area contributed by atoms with Gasteiger partial charge < -0.3 is 18.9 Å². The van der Waals surface area contributed by atoms with Crippen molar-refractivity contribution in [1.82, 2.24) is 0 Å². The van der Waals surface area contributed by atoms with E-state index in [2.05, 4.69) is 0 Å². The largest absolute Gasteiger partial charge is 0.471 e. The Hall–Kier alpha value is -1.10. The van der Waals surface area contributed by atoms with Gasteiger partial charge in [0.25, 0.3) is 0 Å². The van der Waals surface area contributed by atoms with Crippen LogP contribution in [-0.2, 0) is 28.5 Å². The number of hydrogen-bond acceptors (Lipinski definition) is 10. The van der Waals surface area contributed by atoms with Crippen molar-refractivity contribution in [2.24, 2.45) is 0 Å². The summed E-state index contributed by atoms with van der Waals surface area (Å²) in [6.45, 7) is 0.381. The Morgan fingerprint density at radius 2 is 1.35 bits per heavy atom. The fourth-order valence-electron chi connectivity index (χ4n) is 1.89. The van der Waals surface area contributed by atoms with Gasteiger partial charge >= 0.3 is 11.9 Å². The molecule has 0 saturated carbocycles. The number of allylic oxidation sites excluding steroid dienone is 2. The molecule has 0 spiro atoms. The number of rotatable bonds is 9. The zero-order valence-corrected chi connectivity index (χ0v) is 17.1.